The molecule has 1 fully saturated rings. The second kappa shape index (κ2) is 10.3. The Labute approximate surface area is 149 Å². The van der Waals surface area contributed by atoms with Crippen LogP contribution in [0.3, 0.4) is 0 Å². The summed E-state index contributed by atoms with van der Waals surface area (Å²) < 4.78 is 22.7. The zero-order valence-corrected chi connectivity index (χ0v) is 16.8. The van der Waals surface area contributed by atoms with Crippen LogP contribution in [-0.2, 0) is 9.84 Å². The Morgan fingerprint density at radius 3 is 2.46 bits per heavy atom. The highest BCUT2D eigenvalue weighted by Gasteiger charge is 2.20. The molecule has 0 spiro atoms. The number of rotatable bonds is 10. The lowest BCUT2D eigenvalue weighted by Crippen LogP contribution is -2.38. The van der Waals surface area contributed by atoms with E-state index in [0.717, 1.165) is 25.0 Å². The molecule has 0 aromatic carbocycles. The molecule has 0 atom stereocenters. The molecule has 1 aliphatic rings. The summed E-state index contributed by atoms with van der Waals surface area (Å²) >= 11 is 0. The van der Waals surface area contributed by atoms with Crippen LogP contribution in [0.25, 0.3) is 0 Å². The monoisotopic (exact) mass is 359 g/mol. The lowest BCUT2D eigenvalue weighted by atomic mass is 9.90. The molecule has 142 valence electrons. The van der Waals surface area contributed by atoms with E-state index in [9.17, 15) is 8.42 Å². The van der Waals surface area contributed by atoms with Gasteiger partial charge in [-0.05, 0) is 37.5 Å². The Hall–Kier alpha value is -0.780. The van der Waals surface area contributed by atoms with Gasteiger partial charge in [0.1, 0.15) is 9.84 Å². The van der Waals surface area contributed by atoms with Gasteiger partial charge in [0, 0.05) is 25.9 Å². The van der Waals surface area contributed by atoms with Gasteiger partial charge < -0.3 is 10.6 Å². The summed E-state index contributed by atoms with van der Waals surface area (Å²) in [7, 11) is -2.91. The highest BCUT2D eigenvalue weighted by molar-refractivity contribution is 7.90. The highest BCUT2D eigenvalue weighted by atomic mass is 32.2. The topological polar surface area (TPSA) is 70.6 Å². The highest BCUT2D eigenvalue weighted by Crippen LogP contribution is 2.28. The molecule has 0 unspecified atom stereocenters. The third kappa shape index (κ3) is 10.2. The first-order chi connectivity index (χ1) is 11.2. The van der Waals surface area contributed by atoms with E-state index in [1.807, 2.05) is 0 Å². The van der Waals surface area contributed by atoms with Crippen molar-refractivity contribution in [1.82, 2.24) is 10.6 Å². The van der Waals surface area contributed by atoms with Gasteiger partial charge in [0.2, 0.25) is 0 Å². The molecule has 0 amide bonds. The number of hydrogen-bond acceptors (Lipinski definition) is 3. The summed E-state index contributed by atoms with van der Waals surface area (Å²) in [4.78, 5) is 4.65. The van der Waals surface area contributed by atoms with Crippen molar-refractivity contribution in [3.63, 3.8) is 0 Å². The molecule has 6 heteroatoms. The van der Waals surface area contributed by atoms with Crippen molar-refractivity contribution in [2.24, 2.45) is 16.3 Å². The zero-order valence-electron chi connectivity index (χ0n) is 16.0. The molecule has 0 bridgehead atoms. The summed E-state index contributed by atoms with van der Waals surface area (Å²) in [5, 5.41) is 6.69. The fourth-order valence-electron chi connectivity index (χ4n) is 3.07. The van der Waals surface area contributed by atoms with Gasteiger partial charge in [-0.2, -0.15) is 0 Å². The Balaban J connectivity index is 2.36. The minimum Gasteiger partial charge on any atom is -0.357 e. The van der Waals surface area contributed by atoms with Crippen molar-refractivity contribution in [3.05, 3.63) is 0 Å². The van der Waals surface area contributed by atoms with Crippen molar-refractivity contribution in [3.8, 4) is 0 Å². The molecule has 2 N–H and O–H groups in total. The molecule has 1 saturated carbocycles. The van der Waals surface area contributed by atoms with E-state index >= 15 is 0 Å². The standard InChI is InChI=1S/C18H37N3O2S/c1-5-19-17(20-13-8-11-16-9-6-7-10-16)21-15-18(2,3)12-14-24(4,22)23/h16H,5-15H2,1-4H3,(H2,19,20,21). The first kappa shape index (κ1) is 21.3. The van der Waals surface area contributed by atoms with Crippen LogP contribution in [0.4, 0.5) is 0 Å². The molecule has 24 heavy (non-hydrogen) atoms. The molecule has 1 aliphatic carbocycles. The fraction of sp³-hybridized carbons (Fsp3) is 0.944. The number of hydrogen-bond donors (Lipinski definition) is 2. The number of nitrogens with one attached hydrogen (secondary N) is 2. The Morgan fingerprint density at radius 1 is 1.21 bits per heavy atom. The number of guanidine groups is 1. The summed E-state index contributed by atoms with van der Waals surface area (Å²) in [5.74, 6) is 2.00. The fourth-order valence-corrected chi connectivity index (χ4v) is 4.00. The molecule has 0 radical (unpaired) electrons. The molecule has 0 aliphatic heterocycles. The van der Waals surface area contributed by atoms with Crippen molar-refractivity contribution < 1.29 is 8.42 Å². The SMILES string of the molecule is CCNC(=NCC(C)(C)CCS(C)(=O)=O)NCCCC1CCCC1. The molecule has 0 aromatic rings. The Bertz CT molecular complexity index is 480. The average Bonchev–Trinajstić information content (AvgIpc) is 3.00. The van der Waals surface area contributed by atoms with Gasteiger partial charge in [-0.1, -0.05) is 39.5 Å². The van der Waals surface area contributed by atoms with Crippen molar-refractivity contribution in [1.29, 1.82) is 0 Å². The summed E-state index contributed by atoms with van der Waals surface area (Å²) in [5.41, 5.74) is -0.116. The average molecular weight is 360 g/mol. The van der Waals surface area contributed by atoms with Crippen molar-refractivity contribution >= 4 is 15.8 Å². The van der Waals surface area contributed by atoms with Crippen LogP contribution in [0, 0.1) is 11.3 Å². The van der Waals surface area contributed by atoms with Gasteiger partial charge in [-0.3, -0.25) is 4.99 Å². The van der Waals surface area contributed by atoms with Gasteiger partial charge in [-0.25, -0.2) is 8.42 Å². The maximum atomic E-state index is 11.3. The second-order valence-electron chi connectivity index (χ2n) is 7.96. The normalized spacial score (nSPS) is 17.2. The number of nitrogens with zero attached hydrogens (tertiary/aromatic N) is 1. The largest absolute Gasteiger partial charge is 0.357 e. The van der Waals surface area contributed by atoms with E-state index in [2.05, 4.69) is 36.4 Å². The van der Waals surface area contributed by atoms with E-state index in [0.29, 0.717) is 13.0 Å². The van der Waals surface area contributed by atoms with Gasteiger partial charge in [0.25, 0.3) is 0 Å². The van der Waals surface area contributed by atoms with Gasteiger partial charge in [0.15, 0.2) is 5.96 Å². The summed E-state index contributed by atoms with van der Waals surface area (Å²) in [6.07, 6.45) is 10.1. The second-order valence-corrected chi connectivity index (χ2v) is 10.2. The van der Waals surface area contributed by atoms with Crippen molar-refractivity contribution in [2.75, 3.05) is 31.6 Å². The Kier molecular flexibility index (Phi) is 9.09. The molecule has 0 heterocycles. The minimum absolute atomic E-state index is 0.116. The molecule has 0 saturated heterocycles. The van der Waals surface area contributed by atoms with E-state index in [-0.39, 0.29) is 11.2 Å². The van der Waals surface area contributed by atoms with E-state index < -0.39 is 9.84 Å². The van der Waals surface area contributed by atoms with Crippen LogP contribution >= 0.6 is 0 Å². The lowest BCUT2D eigenvalue weighted by Gasteiger charge is -2.22. The van der Waals surface area contributed by atoms with Gasteiger partial charge >= 0.3 is 0 Å². The van der Waals surface area contributed by atoms with Gasteiger partial charge in [0.05, 0.1) is 5.75 Å². The minimum atomic E-state index is -2.91. The Morgan fingerprint density at radius 2 is 1.88 bits per heavy atom. The molecular formula is C18H37N3O2S. The van der Waals surface area contributed by atoms with Crippen LogP contribution in [0.15, 0.2) is 4.99 Å². The predicted octanol–water partition coefficient (Wildman–Crippen LogP) is 2.97. The first-order valence-corrected chi connectivity index (χ1v) is 11.5. The van der Waals surface area contributed by atoms with Crippen molar-refractivity contribution in [2.45, 2.75) is 65.7 Å². The van der Waals surface area contributed by atoms with E-state index in [1.54, 1.807) is 0 Å². The first-order valence-electron chi connectivity index (χ1n) is 9.42. The molecule has 5 nitrogen and oxygen atoms in total. The number of aliphatic imine (C=N–C) groups is 1. The van der Waals surface area contributed by atoms with Crippen LogP contribution in [0.1, 0.15) is 65.7 Å². The quantitative estimate of drug-likeness (QED) is 0.357. The zero-order chi connectivity index (χ0) is 18.1. The van der Waals surface area contributed by atoms with Crippen LogP contribution < -0.4 is 10.6 Å². The summed E-state index contributed by atoms with van der Waals surface area (Å²) in [6.45, 7) is 8.62. The molecular weight excluding hydrogens is 322 g/mol. The smallest absolute Gasteiger partial charge is 0.191 e. The van der Waals surface area contributed by atoms with E-state index in [1.165, 1.54) is 44.8 Å². The molecule has 1 rings (SSSR count). The van der Waals surface area contributed by atoms with Crippen LogP contribution in [0.5, 0.6) is 0 Å². The summed E-state index contributed by atoms with van der Waals surface area (Å²) in [6, 6.07) is 0. The third-order valence-corrected chi connectivity index (χ3v) is 5.66. The van der Waals surface area contributed by atoms with Crippen LogP contribution in [0.2, 0.25) is 0 Å². The van der Waals surface area contributed by atoms with Crippen LogP contribution in [-0.4, -0.2) is 46.0 Å². The third-order valence-electron chi connectivity index (χ3n) is 4.72. The predicted molar refractivity (Wildman–Crippen MR) is 103 cm³/mol. The maximum Gasteiger partial charge on any atom is 0.191 e. The molecule has 0 aromatic heterocycles. The number of sulfone groups is 1. The lowest BCUT2D eigenvalue weighted by molar-refractivity contribution is 0.365. The maximum absolute atomic E-state index is 11.3. The van der Waals surface area contributed by atoms with E-state index in [4.69, 9.17) is 0 Å². The van der Waals surface area contributed by atoms with Gasteiger partial charge in [-0.15, -0.1) is 0 Å².